The molecular formula is C14H22N4O3. The van der Waals surface area contributed by atoms with Crippen molar-refractivity contribution in [2.75, 3.05) is 6.54 Å². The first-order chi connectivity index (χ1) is 9.97. The van der Waals surface area contributed by atoms with Gasteiger partial charge in [-0.3, -0.25) is 14.7 Å². The third-order valence-electron chi connectivity index (χ3n) is 4.00. The van der Waals surface area contributed by atoms with Crippen LogP contribution in [0.4, 0.5) is 0 Å². The van der Waals surface area contributed by atoms with Gasteiger partial charge in [0.05, 0.1) is 5.92 Å². The number of aliphatic carboxylic acids is 1. The Morgan fingerprint density at radius 3 is 2.52 bits per heavy atom. The van der Waals surface area contributed by atoms with Crippen molar-refractivity contribution in [1.82, 2.24) is 20.5 Å². The van der Waals surface area contributed by atoms with E-state index in [1.165, 1.54) is 0 Å². The summed E-state index contributed by atoms with van der Waals surface area (Å²) in [6, 6.07) is 0. The molecule has 0 spiro atoms. The van der Waals surface area contributed by atoms with Crippen LogP contribution in [0.15, 0.2) is 0 Å². The van der Waals surface area contributed by atoms with E-state index in [1.807, 2.05) is 13.8 Å². The number of H-pyrrole nitrogens is 1. The lowest BCUT2D eigenvalue weighted by Crippen LogP contribution is -2.33. The zero-order valence-corrected chi connectivity index (χ0v) is 12.4. The minimum Gasteiger partial charge on any atom is -0.481 e. The van der Waals surface area contributed by atoms with E-state index in [4.69, 9.17) is 5.11 Å². The lowest BCUT2D eigenvalue weighted by Gasteiger charge is -2.25. The van der Waals surface area contributed by atoms with Crippen LogP contribution >= 0.6 is 0 Å². The number of aromatic amines is 1. The Labute approximate surface area is 123 Å². The summed E-state index contributed by atoms with van der Waals surface area (Å²) < 4.78 is 0. The van der Waals surface area contributed by atoms with Gasteiger partial charge in [-0.05, 0) is 31.6 Å². The Hall–Kier alpha value is -1.92. The Morgan fingerprint density at radius 1 is 1.33 bits per heavy atom. The highest BCUT2D eigenvalue weighted by Crippen LogP contribution is 2.28. The number of carboxylic acid groups (broad SMARTS) is 1. The van der Waals surface area contributed by atoms with E-state index in [2.05, 4.69) is 20.5 Å². The van der Waals surface area contributed by atoms with Crippen molar-refractivity contribution in [1.29, 1.82) is 0 Å². The summed E-state index contributed by atoms with van der Waals surface area (Å²) in [6.07, 6.45) is 3.05. The van der Waals surface area contributed by atoms with Gasteiger partial charge in [-0.15, -0.1) is 5.10 Å². The normalized spacial score (nSPS) is 22.2. The first-order valence-corrected chi connectivity index (χ1v) is 7.40. The molecule has 0 bridgehead atoms. The molecule has 1 saturated carbocycles. The predicted octanol–water partition coefficient (Wildman–Crippen LogP) is 1.55. The topological polar surface area (TPSA) is 108 Å². The molecule has 1 aliphatic rings. The molecule has 3 N–H and O–H groups in total. The second-order valence-electron chi connectivity index (χ2n) is 5.96. The molecule has 1 fully saturated rings. The van der Waals surface area contributed by atoms with Crippen LogP contribution in [0, 0.1) is 11.8 Å². The summed E-state index contributed by atoms with van der Waals surface area (Å²) in [5, 5.41) is 18.4. The average Bonchev–Trinajstić information content (AvgIpc) is 2.95. The zero-order chi connectivity index (χ0) is 15.4. The molecule has 0 atom stereocenters. The van der Waals surface area contributed by atoms with Crippen molar-refractivity contribution in [2.24, 2.45) is 11.8 Å². The summed E-state index contributed by atoms with van der Waals surface area (Å²) in [6.45, 7) is 4.50. The molecule has 116 valence electrons. The molecule has 1 amide bonds. The standard InChI is InChI=1S/C14H22N4O3/c1-8(2)11-16-12(18-17-11)13(19)15-7-9-3-5-10(6-4-9)14(20)21/h8-10H,3-7H2,1-2H3,(H,15,19)(H,20,21)(H,16,17,18). The molecule has 0 unspecified atom stereocenters. The van der Waals surface area contributed by atoms with E-state index in [-0.39, 0.29) is 23.6 Å². The molecule has 1 heterocycles. The minimum atomic E-state index is -0.709. The number of rotatable bonds is 5. The number of carboxylic acids is 1. The van der Waals surface area contributed by atoms with Crippen LogP contribution in [0.25, 0.3) is 0 Å². The Balaban J connectivity index is 1.78. The fourth-order valence-electron chi connectivity index (χ4n) is 2.56. The second-order valence-corrected chi connectivity index (χ2v) is 5.96. The van der Waals surface area contributed by atoms with Gasteiger partial charge in [0.2, 0.25) is 5.82 Å². The molecule has 1 aliphatic carbocycles. The lowest BCUT2D eigenvalue weighted by molar-refractivity contribution is -0.143. The minimum absolute atomic E-state index is 0.165. The number of nitrogens with zero attached hydrogens (tertiary/aromatic N) is 2. The van der Waals surface area contributed by atoms with Gasteiger partial charge in [0.15, 0.2) is 0 Å². The maximum atomic E-state index is 11.9. The Morgan fingerprint density at radius 2 is 2.00 bits per heavy atom. The highest BCUT2D eigenvalue weighted by molar-refractivity contribution is 5.90. The Kier molecular flexibility index (Phi) is 4.93. The molecule has 0 radical (unpaired) electrons. The van der Waals surface area contributed by atoms with Gasteiger partial charge in [0, 0.05) is 12.5 Å². The monoisotopic (exact) mass is 294 g/mol. The van der Waals surface area contributed by atoms with Crippen LogP contribution in [0.5, 0.6) is 0 Å². The smallest absolute Gasteiger partial charge is 0.306 e. The van der Waals surface area contributed by atoms with E-state index < -0.39 is 5.97 Å². The maximum Gasteiger partial charge on any atom is 0.306 e. The van der Waals surface area contributed by atoms with Crippen LogP contribution in [-0.2, 0) is 4.79 Å². The second kappa shape index (κ2) is 6.69. The van der Waals surface area contributed by atoms with Gasteiger partial charge in [-0.2, -0.15) is 0 Å². The summed E-state index contributed by atoms with van der Waals surface area (Å²) in [5.41, 5.74) is 0. The van der Waals surface area contributed by atoms with E-state index in [0.717, 1.165) is 12.8 Å². The quantitative estimate of drug-likeness (QED) is 0.763. The molecular weight excluding hydrogens is 272 g/mol. The molecule has 0 aromatic carbocycles. The molecule has 0 aliphatic heterocycles. The number of carbonyl (C=O) groups is 2. The average molecular weight is 294 g/mol. The van der Waals surface area contributed by atoms with Crippen molar-refractivity contribution in [2.45, 2.75) is 45.4 Å². The zero-order valence-electron chi connectivity index (χ0n) is 12.4. The van der Waals surface area contributed by atoms with Crippen molar-refractivity contribution in [3.05, 3.63) is 11.6 Å². The van der Waals surface area contributed by atoms with Gasteiger partial charge >= 0.3 is 5.97 Å². The van der Waals surface area contributed by atoms with Crippen LogP contribution < -0.4 is 5.32 Å². The molecule has 2 rings (SSSR count). The van der Waals surface area contributed by atoms with E-state index >= 15 is 0 Å². The fourth-order valence-corrected chi connectivity index (χ4v) is 2.56. The first kappa shape index (κ1) is 15.5. The fraction of sp³-hybridized carbons (Fsp3) is 0.714. The lowest BCUT2D eigenvalue weighted by atomic mass is 9.82. The summed E-state index contributed by atoms with van der Waals surface area (Å²) in [4.78, 5) is 27.0. The van der Waals surface area contributed by atoms with Gasteiger partial charge in [0.25, 0.3) is 5.91 Å². The summed E-state index contributed by atoms with van der Waals surface area (Å²) in [5.74, 6) is 0.190. The van der Waals surface area contributed by atoms with Crippen LogP contribution in [0.2, 0.25) is 0 Å². The maximum absolute atomic E-state index is 11.9. The number of hydrogen-bond donors (Lipinski definition) is 3. The van der Waals surface area contributed by atoms with E-state index in [0.29, 0.717) is 31.1 Å². The van der Waals surface area contributed by atoms with Crippen molar-refractivity contribution >= 4 is 11.9 Å². The van der Waals surface area contributed by atoms with E-state index in [1.54, 1.807) is 0 Å². The number of hydrogen-bond acceptors (Lipinski definition) is 4. The molecule has 21 heavy (non-hydrogen) atoms. The largest absolute Gasteiger partial charge is 0.481 e. The number of amides is 1. The van der Waals surface area contributed by atoms with Crippen molar-refractivity contribution < 1.29 is 14.7 Å². The van der Waals surface area contributed by atoms with Gasteiger partial charge in [-0.25, -0.2) is 4.98 Å². The number of carbonyl (C=O) groups excluding carboxylic acids is 1. The van der Waals surface area contributed by atoms with Crippen molar-refractivity contribution in [3.8, 4) is 0 Å². The van der Waals surface area contributed by atoms with E-state index in [9.17, 15) is 9.59 Å². The molecule has 0 saturated heterocycles. The summed E-state index contributed by atoms with van der Waals surface area (Å²) in [7, 11) is 0. The summed E-state index contributed by atoms with van der Waals surface area (Å²) >= 11 is 0. The molecule has 1 aromatic rings. The van der Waals surface area contributed by atoms with Gasteiger partial charge < -0.3 is 10.4 Å². The van der Waals surface area contributed by atoms with Crippen molar-refractivity contribution in [3.63, 3.8) is 0 Å². The highest BCUT2D eigenvalue weighted by atomic mass is 16.4. The Bertz CT molecular complexity index is 504. The molecule has 7 nitrogen and oxygen atoms in total. The van der Waals surface area contributed by atoms with Crippen LogP contribution in [0.1, 0.15) is 61.9 Å². The third-order valence-corrected chi connectivity index (χ3v) is 4.00. The van der Waals surface area contributed by atoms with Crippen LogP contribution in [-0.4, -0.2) is 38.7 Å². The van der Waals surface area contributed by atoms with Crippen LogP contribution in [0.3, 0.4) is 0 Å². The number of aromatic nitrogens is 3. The predicted molar refractivity (Wildman–Crippen MR) is 75.9 cm³/mol. The third kappa shape index (κ3) is 4.03. The van der Waals surface area contributed by atoms with Gasteiger partial charge in [0.1, 0.15) is 5.82 Å². The molecule has 1 aromatic heterocycles. The first-order valence-electron chi connectivity index (χ1n) is 7.40. The highest BCUT2D eigenvalue weighted by Gasteiger charge is 2.26. The molecule has 7 heteroatoms. The number of nitrogens with one attached hydrogen (secondary N) is 2. The SMILES string of the molecule is CC(C)c1nc(C(=O)NCC2CCC(C(=O)O)CC2)n[nH]1. The van der Waals surface area contributed by atoms with Gasteiger partial charge in [-0.1, -0.05) is 13.8 Å².